The zero-order chi connectivity index (χ0) is 8.97. The SMILES string of the molecule is NCCCCc1cc(Cl)c(Br)s1. The normalized spacial score (nSPS) is 10.6. The van der Waals surface area contributed by atoms with Crippen LogP contribution in [0.3, 0.4) is 0 Å². The molecule has 1 heterocycles. The molecule has 1 rings (SSSR count). The van der Waals surface area contributed by atoms with Crippen molar-refractivity contribution >= 4 is 38.9 Å². The highest BCUT2D eigenvalue weighted by atomic mass is 79.9. The fourth-order valence-corrected chi connectivity index (χ4v) is 2.82. The Bertz CT molecular complexity index is 230. The van der Waals surface area contributed by atoms with E-state index >= 15 is 0 Å². The molecule has 0 saturated carbocycles. The number of aryl methyl sites for hydroxylation is 1. The number of nitrogens with two attached hydrogens (primary N) is 1. The molecule has 68 valence electrons. The van der Waals surface area contributed by atoms with E-state index in [0.717, 1.165) is 34.6 Å². The Hall–Kier alpha value is 0.430. The first-order valence-electron chi connectivity index (χ1n) is 3.88. The van der Waals surface area contributed by atoms with Crippen LogP contribution >= 0.6 is 38.9 Å². The molecule has 0 amide bonds. The second-order valence-corrected chi connectivity index (χ2v) is 5.44. The van der Waals surface area contributed by atoms with Crippen molar-refractivity contribution in [3.8, 4) is 0 Å². The summed E-state index contributed by atoms with van der Waals surface area (Å²) in [6, 6.07) is 2.02. The Balaban J connectivity index is 2.42. The second kappa shape index (κ2) is 5.22. The van der Waals surface area contributed by atoms with Gasteiger partial charge in [0.2, 0.25) is 0 Å². The molecular formula is C8H11BrClNS. The van der Waals surface area contributed by atoms with E-state index < -0.39 is 0 Å². The van der Waals surface area contributed by atoms with Crippen LogP contribution in [0.25, 0.3) is 0 Å². The molecule has 4 heteroatoms. The van der Waals surface area contributed by atoms with Crippen molar-refractivity contribution in [3.63, 3.8) is 0 Å². The van der Waals surface area contributed by atoms with Crippen molar-refractivity contribution in [1.82, 2.24) is 0 Å². The van der Waals surface area contributed by atoms with Gasteiger partial charge in [0.15, 0.2) is 0 Å². The van der Waals surface area contributed by atoms with Crippen molar-refractivity contribution in [3.05, 3.63) is 19.8 Å². The third-order valence-corrected chi connectivity index (χ3v) is 4.11. The predicted octanol–water partition coefficient (Wildman–Crippen LogP) is 3.45. The summed E-state index contributed by atoms with van der Waals surface area (Å²) in [5.41, 5.74) is 5.40. The molecule has 1 aromatic heterocycles. The summed E-state index contributed by atoms with van der Waals surface area (Å²) in [5, 5.41) is 0.822. The lowest BCUT2D eigenvalue weighted by molar-refractivity contribution is 0.751. The standard InChI is InChI=1S/C8H11BrClNS/c9-8-7(10)5-6(12-8)3-1-2-4-11/h5H,1-4,11H2. The van der Waals surface area contributed by atoms with E-state index in [1.807, 2.05) is 6.07 Å². The second-order valence-electron chi connectivity index (χ2n) is 2.58. The Morgan fingerprint density at radius 2 is 2.25 bits per heavy atom. The number of halogens is 2. The lowest BCUT2D eigenvalue weighted by Gasteiger charge is -1.93. The molecule has 0 fully saturated rings. The maximum atomic E-state index is 5.88. The fourth-order valence-electron chi connectivity index (χ4n) is 0.958. The average Bonchev–Trinajstić information content (AvgIpc) is 2.32. The van der Waals surface area contributed by atoms with Crippen LogP contribution < -0.4 is 5.73 Å². The number of hydrogen-bond acceptors (Lipinski definition) is 2. The summed E-state index contributed by atoms with van der Waals surface area (Å²) in [5.74, 6) is 0. The lowest BCUT2D eigenvalue weighted by Crippen LogP contribution is -1.98. The minimum absolute atomic E-state index is 0.778. The lowest BCUT2D eigenvalue weighted by atomic mass is 10.2. The first kappa shape index (κ1) is 10.5. The van der Waals surface area contributed by atoms with Crippen LogP contribution in [0.2, 0.25) is 5.02 Å². The molecule has 0 bridgehead atoms. The van der Waals surface area contributed by atoms with Crippen LogP contribution in [-0.2, 0) is 6.42 Å². The molecule has 1 aromatic rings. The highest BCUT2D eigenvalue weighted by molar-refractivity contribution is 9.11. The quantitative estimate of drug-likeness (QED) is 0.832. The van der Waals surface area contributed by atoms with E-state index in [2.05, 4.69) is 15.9 Å². The number of hydrogen-bond donors (Lipinski definition) is 1. The van der Waals surface area contributed by atoms with E-state index in [1.54, 1.807) is 11.3 Å². The van der Waals surface area contributed by atoms with Crippen LogP contribution in [-0.4, -0.2) is 6.54 Å². The molecule has 0 aliphatic heterocycles. The topological polar surface area (TPSA) is 26.0 Å². The molecule has 1 nitrogen and oxygen atoms in total. The molecule has 0 radical (unpaired) electrons. The van der Waals surface area contributed by atoms with Gasteiger partial charge in [0, 0.05) is 4.88 Å². The van der Waals surface area contributed by atoms with Gasteiger partial charge in [-0.05, 0) is 47.8 Å². The first-order valence-corrected chi connectivity index (χ1v) is 5.86. The summed E-state index contributed by atoms with van der Waals surface area (Å²) < 4.78 is 1.03. The van der Waals surface area contributed by atoms with Gasteiger partial charge < -0.3 is 5.73 Å². The Kier molecular flexibility index (Phi) is 4.57. The molecule has 2 N–H and O–H groups in total. The van der Waals surface area contributed by atoms with Crippen LogP contribution in [0, 0.1) is 0 Å². The molecule has 0 spiro atoms. The van der Waals surface area contributed by atoms with Crippen LogP contribution in [0.1, 0.15) is 17.7 Å². The maximum Gasteiger partial charge on any atom is 0.0887 e. The van der Waals surface area contributed by atoms with Gasteiger partial charge in [0.05, 0.1) is 8.81 Å². The smallest absolute Gasteiger partial charge is 0.0887 e. The van der Waals surface area contributed by atoms with Gasteiger partial charge in [0.25, 0.3) is 0 Å². The summed E-state index contributed by atoms with van der Waals surface area (Å²) in [7, 11) is 0. The summed E-state index contributed by atoms with van der Waals surface area (Å²) in [6.45, 7) is 0.778. The molecule has 0 saturated heterocycles. The maximum absolute atomic E-state index is 5.88. The molecule has 0 aromatic carbocycles. The molecular weight excluding hydrogens is 258 g/mol. The van der Waals surface area contributed by atoms with Gasteiger partial charge in [-0.2, -0.15) is 0 Å². The number of thiophene rings is 1. The van der Waals surface area contributed by atoms with E-state index in [9.17, 15) is 0 Å². The minimum Gasteiger partial charge on any atom is -0.330 e. The Labute approximate surface area is 90.0 Å². The summed E-state index contributed by atoms with van der Waals surface area (Å²) >= 11 is 11.0. The summed E-state index contributed by atoms with van der Waals surface area (Å²) in [6.07, 6.45) is 3.33. The van der Waals surface area contributed by atoms with Crippen LogP contribution in [0.15, 0.2) is 9.85 Å². The Morgan fingerprint density at radius 3 is 2.75 bits per heavy atom. The van der Waals surface area contributed by atoms with E-state index in [4.69, 9.17) is 17.3 Å². The largest absolute Gasteiger partial charge is 0.330 e. The minimum atomic E-state index is 0.778. The molecule has 0 aliphatic rings. The zero-order valence-electron chi connectivity index (χ0n) is 6.65. The molecule has 0 unspecified atom stereocenters. The van der Waals surface area contributed by atoms with Gasteiger partial charge >= 0.3 is 0 Å². The van der Waals surface area contributed by atoms with E-state index in [0.29, 0.717) is 0 Å². The van der Waals surface area contributed by atoms with E-state index in [-0.39, 0.29) is 0 Å². The highest BCUT2D eigenvalue weighted by Gasteiger charge is 2.03. The predicted molar refractivity (Wildman–Crippen MR) is 59.0 cm³/mol. The van der Waals surface area contributed by atoms with Gasteiger partial charge in [-0.15, -0.1) is 11.3 Å². The molecule has 0 atom stereocenters. The third-order valence-electron chi connectivity index (χ3n) is 1.57. The molecule has 0 aliphatic carbocycles. The van der Waals surface area contributed by atoms with Crippen LogP contribution in [0.5, 0.6) is 0 Å². The van der Waals surface area contributed by atoms with Crippen molar-refractivity contribution in [2.45, 2.75) is 19.3 Å². The molecule has 12 heavy (non-hydrogen) atoms. The van der Waals surface area contributed by atoms with Crippen molar-refractivity contribution in [2.75, 3.05) is 6.54 Å². The summed E-state index contributed by atoms with van der Waals surface area (Å²) in [4.78, 5) is 1.33. The van der Waals surface area contributed by atoms with Crippen molar-refractivity contribution in [2.24, 2.45) is 5.73 Å². The number of rotatable bonds is 4. The van der Waals surface area contributed by atoms with Crippen molar-refractivity contribution in [1.29, 1.82) is 0 Å². The van der Waals surface area contributed by atoms with Crippen molar-refractivity contribution < 1.29 is 0 Å². The fraction of sp³-hybridized carbons (Fsp3) is 0.500. The first-order chi connectivity index (χ1) is 5.74. The van der Waals surface area contributed by atoms with Gasteiger partial charge in [-0.1, -0.05) is 11.6 Å². The zero-order valence-corrected chi connectivity index (χ0v) is 9.81. The number of unbranched alkanes of at least 4 members (excludes halogenated alkanes) is 1. The average molecular weight is 269 g/mol. The van der Waals surface area contributed by atoms with Crippen LogP contribution in [0.4, 0.5) is 0 Å². The highest BCUT2D eigenvalue weighted by Crippen LogP contribution is 2.32. The van der Waals surface area contributed by atoms with E-state index in [1.165, 1.54) is 4.88 Å². The van der Waals surface area contributed by atoms with Gasteiger partial charge in [-0.3, -0.25) is 0 Å². The Morgan fingerprint density at radius 1 is 1.50 bits per heavy atom. The monoisotopic (exact) mass is 267 g/mol. The van der Waals surface area contributed by atoms with Gasteiger partial charge in [-0.25, -0.2) is 0 Å². The third kappa shape index (κ3) is 3.05. The van der Waals surface area contributed by atoms with Gasteiger partial charge in [0.1, 0.15) is 0 Å².